The molecule has 1 aromatic rings. The van der Waals surface area contributed by atoms with Gasteiger partial charge in [0.05, 0.1) is 0 Å². The molecule has 0 aliphatic heterocycles. The van der Waals surface area contributed by atoms with Crippen LogP contribution in [0.5, 0.6) is 5.75 Å². The smallest absolute Gasteiger partial charge is 0.406 e. The third-order valence-electron chi connectivity index (χ3n) is 2.21. The second-order valence-electron chi connectivity index (χ2n) is 4.00. The first kappa shape index (κ1) is 17.2. The molecule has 2 amide bonds. The van der Waals surface area contributed by atoms with Crippen LogP contribution in [0.15, 0.2) is 24.3 Å². The Labute approximate surface area is 124 Å². The van der Waals surface area contributed by atoms with Crippen LogP contribution in [0, 0.1) is 0 Å². The first-order valence-electron chi connectivity index (χ1n) is 5.76. The predicted molar refractivity (Wildman–Crippen MR) is 73.2 cm³/mol. The molecule has 0 saturated heterocycles. The molecule has 0 spiro atoms. The number of carbonyl (C=O) groups is 2. The molecule has 0 aliphatic rings. The molecule has 0 heterocycles. The highest BCUT2D eigenvalue weighted by Crippen LogP contribution is 2.25. The number of benzene rings is 1. The van der Waals surface area contributed by atoms with Gasteiger partial charge in [0.25, 0.3) is 0 Å². The molecule has 116 valence electrons. The second kappa shape index (κ2) is 7.21. The van der Waals surface area contributed by atoms with E-state index in [0.717, 1.165) is 12.1 Å². The van der Waals surface area contributed by atoms with Gasteiger partial charge in [-0.3, -0.25) is 9.59 Å². The van der Waals surface area contributed by atoms with Crippen LogP contribution in [0.1, 0.15) is 6.92 Å². The van der Waals surface area contributed by atoms with Gasteiger partial charge in [-0.05, 0) is 12.1 Å². The number of rotatable bonds is 5. The lowest BCUT2D eigenvalue weighted by atomic mass is 10.2. The Hall–Kier alpha value is -1.90. The molecule has 0 bridgehead atoms. The van der Waals surface area contributed by atoms with E-state index in [-0.39, 0.29) is 11.4 Å². The average Bonchev–Trinajstić information content (AvgIpc) is 2.33. The van der Waals surface area contributed by atoms with Gasteiger partial charge in [0, 0.05) is 24.4 Å². The van der Waals surface area contributed by atoms with Crippen molar-refractivity contribution in [3.8, 4) is 5.75 Å². The number of alkyl halides is 3. The lowest BCUT2D eigenvalue weighted by molar-refractivity contribution is -0.274. The van der Waals surface area contributed by atoms with Crippen LogP contribution < -0.4 is 15.4 Å². The first-order valence-corrected chi connectivity index (χ1v) is 6.39. The number of hydrogen-bond acceptors (Lipinski definition) is 4. The Balaban J connectivity index is 2.76. The SMILES string of the molecule is CC(=O)NC(CS)C(=O)Nc1cccc(OC(F)(F)F)c1. The summed E-state index contributed by atoms with van der Waals surface area (Å²) in [4.78, 5) is 22.7. The highest BCUT2D eigenvalue weighted by Gasteiger charge is 2.31. The van der Waals surface area contributed by atoms with Crippen molar-refractivity contribution in [1.29, 1.82) is 0 Å². The van der Waals surface area contributed by atoms with Crippen molar-refractivity contribution in [1.82, 2.24) is 5.32 Å². The van der Waals surface area contributed by atoms with Crippen molar-refractivity contribution >= 4 is 30.1 Å². The van der Waals surface area contributed by atoms with E-state index in [2.05, 4.69) is 28.0 Å². The summed E-state index contributed by atoms with van der Waals surface area (Å²) in [5.41, 5.74) is 0.110. The molecular weight excluding hydrogens is 309 g/mol. The van der Waals surface area contributed by atoms with E-state index in [1.54, 1.807) is 0 Å². The zero-order chi connectivity index (χ0) is 16.0. The molecule has 0 aliphatic carbocycles. The highest BCUT2D eigenvalue weighted by atomic mass is 32.1. The van der Waals surface area contributed by atoms with E-state index in [0.29, 0.717) is 0 Å². The summed E-state index contributed by atoms with van der Waals surface area (Å²) in [5.74, 6) is -1.42. The molecule has 5 nitrogen and oxygen atoms in total. The van der Waals surface area contributed by atoms with E-state index in [4.69, 9.17) is 0 Å². The molecular formula is C12H13F3N2O3S. The number of anilines is 1. The van der Waals surface area contributed by atoms with Gasteiger partial charge in [-0.1, -0.05) is 6.07 Å². The van der Waals surface area contributed by atoms with Crippen LogP contribution >= 0.6 is 12.6 Å². The number of hydrogen-bond donors (Lipinski definition) is 3. The molecule has 9 heteroatoms. The minimum absolute atomic E-state index is 0.0458. The number of carbonyl (C=O) groups excluding carboxylic acids is 2. The highest BCUT2D eigenvalue weighted by molar-refractivity contribution is 7.80. The summed E-state index contributed by atoms with van der Waals surface area (Å²) >= 11 is 3.92. The minimum Gasteiger partial charge on any atom is -0.406 e. The van der Waals surface area contributed by atoms with Crippen molar-refractivity contribution < 1.29 is 27.5 Å². The Morgan fingerprint density at radius 1 is 1.38 bits per heavy atom. The molecule has 1 rings (SSSR count). The summed E-state index contributed by atoms with van der Waals surface area (Å²) in [6.45, 7) is 1.24. The van der Waals surface area contributed by atoms with Crippen molar-refractivity contribution in [2.75, 3.05) is 11.1 Å². The third kappa shape index (κ3) is 6.39. The van der Waals surface area contributed by atoms with Gasteiger partial charge in [-0.25, -0.2) is 0 Å². The molecule has 1 aromatic carbocycles. The van der Waals surface area contributed by atoms with E-state index in [9.17, 15) is 22.8 Å². The Bertz CT molecular complexity index is 523. The van der Waals surface area contributed by atoms with E-state index in [1.807, 2.05) is 0 Å². The lowest BCUT2D eigenvalue weighted by Crippen LogP contribution is -2.44. The number of halogens is 3. The maximum absolute atomic E-state index is 12.1. The monoisotopic (exact) mass is 322 g/mol. The molecule has 1 atom stereocenters. The van der Waals surface area contributed by atoms with E-state index >= 15 is 0 Å². The molecule has 1 unspecified atom stereocenters. The van der Waals surface area contributed by atoms with Gasteiger partial charge in [0.1, 0.15) is 11.8 Å². The largest absolute Gasteiger partial charge is 0.573 e. The summed E-state index contributed by atoms with van der Waals surface area (Å²) in [5, 5.41) is 4.74. The Morgan fingerprint density at radius 3 is 2.57 bits per heavy atom. The Kier molecular flexibility index (Phi) is 5.89. The zero-order valence-electron chi connectivity index (χ0n) is 10.9. The molecule has 0 saturated carbocycles. The van der Waals surface area contributed by atoms with E-state index in [1.165, 1.54) is 19.1 Å². The standard InChI is InChI=1S/C12H13F3N2O3S/c1-7(18)16-10(6-21)11(19)17-8-3-2-4-9(5-8)20-12(13,14)15/h2-5,10,21H,6H2,1H3,(H,16,18)(H,17,19). The number of ether oxygens (including phenoxy) is 1. The van der Waals surface area contributed by atoms with Crippen LogP contribution in [0.3, 0.4) is 0 Å². The van der Waals surface area contributed by atoms with Crippen LogP contribution in [-0.4, -0.2) is 30.0 Å². The Morgan fingerprint density at radius 2 is 2.05 bits per heavy atom. The number of nitrogens with one attached hydrogen (secondary N) is 2. The fourth-order valence-corrected chi connectivity index (χ4v) is 1.70. The van der Waals surface area contributed by atoms with Crippen LogP contribution in [-0.2, 0) is 9.59 Å². The van der Waals surface area contributed by atoms with Crippen molar-refractivity contribution in [3.63, 3.8) is 0 Å². The summed E-state index contributed by atoms with van der Waals surface area (Å²) in [7, 11) is 0. The van der Waals surface area contributed by atoms with Gasteiger partial charge < -0.3 is 15.4 Å². The molecule has 0 radical (unpaired) electrons. The van der Waals surface area contributed by atoms with Crippen LogP contribution in [0.4, 0.5) is 18.9 Å². The van der Waals surface area contributed by atoms with Gasteiger partial charge in [0.2, 0.25) is 11.8 Å². The maximum Gasteiger partial charge on any atom is 0.573 e. The van der Waals surface area contributed by atoms with Crippen LogP contribution in [0.2, 0.25) is 0 Å². The molecule has 21 heavy (non-hydrogen) atoms. The maximum atomic E-state index is 12.1. The van der Waals surface area contributed by atoms with Gasteiger partial charge in [0.15, 0.2) is 0 Å². The van der Waals surface area contributed by atoms with Gasteiger partial charge in [-0.15, -0.1) is 13.2 Å². The summed E-state index contributed by atoms with van der Waals surface area (Å²) < 4.78 is 40.0. The molecule has 0 fully saturated rings. The fourth-order valence-electron chi connectivity index (χ4n) is 1.44. The van der Waals surface area contributed by atoms with Gasteiger partial charge in [-0.2, -0.15) is 12.6 Å². The fraction of sp³-hybridized carbons (Fsp3) is 0.333. The summed E-state index contributed by atoms with van der Waals surface area (Å²) in [6, 6.07) is 3.93. The molecule has 0 aromatic heterocycles. The van der Waals surface area contributed by atoms with Crippen molar-refractivity contribution in [2.24, 2.45) is 0 Å². The third-order valence-corrected chi connectivity index (χ3v) is 2.58. The lowest BCUT2D eigenvalue weighted by Gasteiger charge is -2.16. The van der Waals surface area contributed by atoms with Gasteiger partial charge >= 0.3 is 6.36 Å². The second-order valence-corrected chi connectivity index (χ2v) is 4.37. The quantitative estimate of drug-likeness (QED) is 0.726. The van der Waals surface area contributed by atoms with E-state index < -0.39 is 30.0 Å². The number of thiol groups is 1. The topological polar surface area (TPSA) is 67.4 Å². The molecule has 2 N–H and O–H groups in total. The minimum atomic E-state index is -4.81. The van der Waals surface area contributed by atoms with Crippen molar-refractivity contribution in [3.05, 3.63) is 24.3 Å². The average molecular weight is 322 g/mol. The first-order chi connectivity index (χ1) is 9.71. The summed E-state index contributed by atoms with van der Waals surface area (Å²) in [6.07, 6.45) is -4.81. The van der Waals surface area contributed by atoms with Crippen molar-refractivity contribution in [2.45, 2.75) is 19.3 Å². The normalized spacial score (nSPS) is 12.4. The number of amides is 2. The predicted octanol–water partition coefficient (Wildman–Crippen LogP) is 1.96. The van der Waals surface area contributed by atoms with Crippen LogP contribution in [0.25, 0.3) is 0 Å². The zero-order valence-corrected chi connectivity index (χ0v) is 11.8.